The zero-order chi connectivity index (χ0) is 9.40. The minimum atomic E-state index is -1.39. The van der Waals surface area contributed by atoms with Gasteiger partial charge in [-0.2, -0.15) is 0 Å². The smallest absolute Gasteiger partial charge is 0.234 e. The quantitative estimate of drug-likeness (QED) is 0.470. The zero-order valence-corrected chi connectivity index (χ0v) is 8.28. The Bertz CT molecular complexity index is 161. The molecule has 0 heterocycles. The summed E-state index contributed by atoms with van der Waals surface area (Å²) in [4.78, 5) is 0. The van der Waals surface area contributed by atoms with Crippen LogP contribution in [-0.4, -0.2) is 31.1 Å². The van der Waals surface area contributed by atoms with Gasteiger partial charge in [0, 0.05) is 6.54 Å². The molecule has 4 nitrogen and oxygen atoms in total. The van der Waals surface area contributed by atoms with Gasteiger partial charge in [0.05, 0.1) is 20.3 Å². The van der Waals surface area contributed by atoms with Gasteiger partial charge in [0.25, 0.3) is 0 Å². The summed E-state index contributed by atoms with van der Waals surface area (Å²) in [5, 5.41) is 0. The van der Waals surface area contributed by atoms with Gasteiger partial charge in [-0.05, 0) is 6.92 Å². The lowest BCUT2D eigenvalue weighted by Gasteiger charge is -2.03. The van der Waals surface area contributed by atoms with Gasteiger partial charge in [0.15, 0.2) is 0 Å². The number of hydrogen-bond donors (Lipinski definition) is 1. The van der Waals surface area contributed by atoms with Gasteiger partial charge in [0.1, 0.15) is 0 Å². The Labute approximate surface area is 75.7 Å². The van der Waals surface area contributed by atoms with Crippen molar-refractivity contribution >= 4 is 11.3 Å². The normalized spacial score (nSPS) is 12.8. The largest absolute Gasteiger partial charge is 0.376 e. The monoisotopic (exact) mass is 193 g/mol. The van der Waals surface area contributed by atoms with Crippen LogP contribution < -0.4 is 4.72 Å². The van der Waals surface area contributed by atoms with Crippen LogP contribution in [0, 0.1) is 0 Å². The number of ether oxygens (including phenoxy) is 1. The molecule has 0 aromatic rings. The summed E-state index contributed by atoms with van der Waals surface area (Å²) in [5.41, 5.74) is 0.975. The van der Waals surface area contributed by atoms with Gasteiger partial charge < -0.3 is 4.74 Å². The molecule has 0 fully saturated rings. The van der Waals surface area contributed by atoms with E-state index in [1.807, 2.05) is 6.92 Å². The van der Waals surface area contributed by atoms with Crippen molar-refractivity contribution in [1.82, 2.24) is 4.72 Å². The van der Waals surface area contributed by atoms with E-state index in [0.29, 0.717) is 19.8 Å². The standard InChI is InChI=1S/C7H15NO3S/c1-7(2)6-11-5-4-8-12(9)10-3/h8H,1,4-6H2,2-3H3. The number of rotatable bonds is 7. The number of nitrogens with one attached hydrogen (secondary N) is 1. The topological polar surface area (TPSA) is 47.6 Å². The first-order valence-electron chi connectivity index (χ1n) is 3.58. The molecule has 0 spiro atoms. The fourth-order valence-corrected chi connectivity index (χ4v) is 0.870. The molecular weight excluding hydrogens is 178 g/mol. The maximum atomic E-state index is 10.6. The van der Waals surface area contributed by atoms with E-state index in [2.05, 4.69) is 15.5 Å². The van der Waals surface area contributed by atoms with Crippen LogP contribution in [-0.2, 0) is 20.2 Å². The highest BCUT2D eigenvalue weighted by molar-refractivity contribution is 7.78. The van der Waals surface area contributed by atoms with Crippen LogP contribution in [0.25, 0.3) is 0 Å². The second-order valence-electron chi connectivity index (χ2n) is 2.31. The first-order chi connectivity index (χ1) is 5.66. The summed E-state index contributed by atoms with van der Waals surface area (Å²) in [6.45, 7) is 7.12. The Balaban J connectivity index is 3.11. The van der Waals surface area contributed by atoms with Crippen molar-refractivity contribution in [1.29, 1.82) is 0 Å². The van der Waals surface area contributed by atoms with Gasteiger partial charge in [-0.25, -0.2) is 8.93 Å². The van der Waals surface area contributed by atoms with Crippen molar-refractivity contribution in [3.63, 3.8) is 0 Å². The molecule has 5 heteroatoms. The Morgan fingerprint density at radius 2 is 2.33 bits per heavy atom. The van der Waals surface area contributed by atoms with Crippen molar-refractivity contribution < 1.29 is 13.1 Å². The Hall–Kier alpha value is -0.230. The molecule has 0 aromatic heterocycles. The fraction of sp³-hybridized carbons (Fsp3) is 0.714. The van der Waals surface area contributed by atoms with Crippen LogP contribution in [0.3, 0.4) is 0 Å². The molecule has 0 aromatic carbocycles. The average Bonchev–Trinajstić information content (AvgIpc) is 2.03. The van der Waals surface area contributed by atoms with E-state index in [4.69, 9.17) is 4.74 Å². The lowest BCUT2D eigenvalue weighted by molar-refractivity contribution is 0.161. The molecule has 0 aliphatic rings. The second-order valence-corrected chi connectivity index (χ2v) is 3.40. The third kappa shape index (κ3) is 7.87. The van der Waals surface area contributed by atoms with E-state index in [1.165, 1.54) is 7.11 Å². The Morgan fingerprint density at radius 1 is 1.67 bits per heavy atom. The van der Waals surface area contributed by atoms with Gasteiger partial charge in [0.2, 0.25) is 11.3 Å². The van der Waals surface area contributed by atoms with Crippen molar-refractivity contribution in [3.8, 4) is 0 Å². The van der Waals surface area contributed by atoms with E-state index >= 15 is 0 Å². The van der Waals surface area contributed by atoms with Crippen LogP contribution in [0.1, 0.15) is 6.92 Å². The third-order valence-electron chi connectivity index (χ3n) is 0.966. The lowest BCUT2D eigenvalue weighted by atomic mass is 10.4. The SMILES string of the molecule is C=C(C)COCCNS(=O)OC. The molecule has 12 heavy (non-hydrogen) atoms. The summed E-state index contributed by atoms with van der Waals surface area (Å²) in [7, 11) is 1.37. The van der Waals surface area contributed by atoms with Gasteiger partial charge in [-0.3, -0.25) is 4.18 Å². The van der Waals surface area contributed by atoms with Crippen LogP contribution >= 0.6 is 0 Å². The summed E-state index contributed by atoms with van der Waals surface area (Å²) in [6.07, 6.45) is 0. The molecule has 0 saturated carbocycles. The number of hydrogen-bond acceptors (Lipinski definition) is 3. The van der Waals surface area contributed by atoms with Crippen LogP contribution in [0.4, 0.5) is 0 Å². The molecule has 0 radical (unpaired) electrons. The second kappa shape index (κ2) is 7.42. The first-order valence-corrected chi connectivity index (χ1v) is 4.66. The molecular formula is C7H15NO3S. The predicted molar refractivity (Wildman–Crippen MR) is 48.8 cm³/mol. The highest BCUT2D eigenvalue weighted by atomic mass is 32.2. The van der Waals surface area contributed by atoms with Crippen molar-refractivity contribution in [2.45, 2.75) is 6.92 Å². The van der Waals surface area contributed by atoms with E-state index in [0.717, 1.165) is 5.57 Å². The van der Waals surface area contributed by atoms with Crippen molar-refractivity contribution in [2.75, 3.05) is 26.9 Å². The van der Waals surface area contributed by atoms with E-state index in [-0.39, 0.29) is 0 Å². The minimum Gasteiger partial charge on any atom is -0.376 e. The highest BCUT2D eigenvalue weighted by Gasteiger charge is 1.94. The van der Waals surface area contributed by atoms with Gasteiger partial charge >= 0.3 is 0 Å². The maximum Gasteiger partial charge on any atom is 0.234 e. The molecule has 0 aliphatic heterocycles. The summed E-state index contributed by atoms with van der Waals surface area (Å²) in [6, 6.07) is 0. The summed E-state index contributed by atoms with van der Waals surface area (Å²) < 4.78 is 22.8. The van der Waals surface area contributed by atoms with Gasteiger partial charge in [-0.1, -0.05) is 12.2 Å². The molecule has 1 atom stereocenters. The first kappa shape index (κ1) is 11.8. The van der Waals surface area contributed by atoms with Crippen molar-refractivity contribution in [2.24, 2.45) is 0 Å². The van der Waals surface area contributed by atoms with E-state index in [9.17, 15) is 4.21 Å². The van der Waals surface area contributed by atoms with E-state index in [1.54, 1.807) is 0 Å². The maximum absolute atomic E-state index is 10.6. The van der Waals surface area contributed by atoms with E-state index < -0.39 is 11.3 Å². The fourth-order valence-electron chi connectivity index (χ4n) is 0.502. The molecule has 1 N–H and O–H groups in total. The molecule has 1 unspecified atom stereocenters. The molecule has 0 bridgehead atoms. The lowest BCUT2D eigenvalue weighted by Crippen LogP contribution is -2.23. The summed E-state index contributed by atoms with van der Waals surface area (Å²) >= 11 is -1.39. The zero-order valence-electron chi connectivity index (χ0n) is 7.46. The van der Waals surface area contributed by atoms with Crippen LogP contribution in [0.5, 0.6) is 0 Å². The molecule has 72 valence electrons. The Morgan fingerprint density at radius 3 is 2.83 bits per heavy atom. The summed E-state index contributed by atoms with van der Waals surface area (Å²) in [5.74, 6) is 0. The molecule has 0 saturated heterocycles. The predicted octanol–water partition coefficient (Wildman–Crippen LogP) is 0.394. The van der Waals surface area contributed by atoms with Crippen molar-refractivity contribution in [3.05, 3.63) is 12.2 Å². The highest BCUT2D eigenvalue weighted by Crippen LogP contribution is 1.86. The minimum absolute atomic E-state index is 0.502. The molecule has 0 amide bonds. The molecule has 0 rings (SSSR count). The third-order valence-corrected chi connectivity index (χ3v) is 1.71. The Kier molecular flexibility index (Phi) is 7.28. The van der Waals surface area contributed by atoms with Gasteiger partial charge in [-0.15, -0.1) is 0 Å². The molecule has 0 aliphatic carbocycles. The van der Waals surface area contributed by atoms with Crippen LogP contribution in [0.15, 0.2) is 12.2 Å². The average molecular weight is 193 g/mol. The van der Waals surface area contributed by atoms with Crippen LogP contribution in [0.2, 0.25) is 0 Å².